The number of benzene rings is 1. The number of hydrogen-bond donors (Lipinski definition) is 1. The smallest absolute Gasteiger partial charge is 0.731 e. The Hall–Kier alpha value is -0.210. The zero-order valence-corrected chi connectivity index (χ0v) is 9.94. The van der Waals surface area contributed by atoms with Gasteiger partial charge in [0.1, 0.15) is 0 Å². The summed E-state index contributed by atoms with van der Waals surface area (Å²) in [7, 11) is -4.70. The first kappa shape index (κ1) is 13.8. The first-order chi connectivity index (χ1) is 5.88. The molecule has 0 atom stereocenters. The van der Waals surface area contributed by atoms with Gasteiger partial charge in [-0.05, 0) is 12.1 Å². The van der Waals surface area contributed by atoms with E-state index >= 15 is 0 Å². The normalized spacial score (nSPS) is 10.5. The largest absolute Gasteiger partial charge is 1.00 e. The van der Waals surface area contributed by atoms with Gasteiger partial charge in [-0.15, -0.1) is 0 Å². The maximum absolute atomic E-state index is 12.4. The van der Waals surface area contributed by atoms with Crippen molar-refractivity contribution >= 4 is 16.0 Å². The Morgan fingerprint density at radius 2 is 1.79 bits per heavy atom. The molecule has 0 aromatic heterocycles. The summed E-state index contributed by atoms with van der Waals surface area (Å²) in [6.07, 6.45) is 0. The topological polar surface area (TPSA) is 69.2 Å². The van der Waals surface area contributed by atoms with E-state index in [2.05, 4.69) is 0 Å². The van der Waals surface area contributed by atoms with Crippen LogP contribution in [0.5, 0.6) is 0 Å². The summed E-state index contributed by atoms with van der Waals surface area (Å²) in [5.74, 6) is -2.34. The molecule has 0 saturated carbocycles. The van der Waals surface area contributed by atoms with Gasteiger partial charge in [0.25, 0.3) is 0 Å². The molecule has 1 aromatic rings. The van der Waals surface area contributed by atoms with Crippen LogP contribution < -0.4 is 34.3 Å². The van der Waals surface area contributed by atoms with Gasteiger partial charge in [0, 0.05) is 6.07 Å². The molecule has 4 nitrogen and oxygen atoms in total. The van der Waals surface area contributed by atoms with Crippen LogP contribution in [-0.2, 0) is 10.3 Å². The van der Waals surface area contributed by atoms with Crippen molar-refractivity contribution in [3.05, 3.63) is 29.8 Å². The Morgan fingerprint density at radius 3 is 2.21 bits per heavy atom. The maximum Gasteiger partial charge on any atom is 1.00 e. The SMILES string of the molecule is O=S(=O)([O-])Nc1ccc(F)c(F)c1.[Na+]. The van der Waals surface area contributed by atoms with Gasteiger partial charge < -0.3 is 4.55 Å². The molecule has 0 radical (unpaired) electrons. The molecule has 0 heterocycles. The molecule has 72 valence electrons. The monoisotopic (exact) mass is 231 g/mol. The summed E-state index contributed by atoms with van der Waals surface area (Å²) in [5.41, 5.74) is -0.311. The van der Waals surface area contributed by atoms with Gasteiger partial charge in [-0.3, -0.25) is 4.72 Å². The molecule has 0 aliphatic rings. The van der Waals surface area contributed by atoms with Crippen LogP contribution in [0.4, 0.5) is 14.5 Å². The first-order valence-electron chi connectivity index (χ1n) is 3.07. The minimum atomic E-state index is -4.70. The zero-order valence-electron chi connectivity index (χ0n) is 7.12. The van der Waals surface area contributed by atoms with Crippen LogP contribution in [0.1, 0.15) is 0 Å². The molecule has 0 fully saturated rings. The van der Waals surface area contributed by atoms with Crippen LogP contribution in [0.2, 0.25) is 0 Å². The second-order valence-electron chi connectivity index (χ2n) is 2.19. The van der Waals surface area contributed by atoms with E-state index in [1.165, 1.54) is 4.72 Å². The van der Waals surface area contributed by atoms with Crippen molar-refractivity contribution in [3.63, 3.8) is 0 Å². The second kappa shape index (κ2) is 5.04. The fourth-order valence-electron chi connectivity index (χ4n) is 0.704. The molecular weight excluding hydrogens is 227 g/mol. The van der Waals surface area contributed by atoms with Crippen molar-refractivity contribution in [1.82, 2.24) is 0 Å². The molecule has 0 unspecified atom stereocenters. The van der Waals surface area contributed by atoms with Crippen molar-refractivity contribution in [1.29, 1.82) is 0 Å². The molecule has 0 aliphatic carbocycles. The van der Waals surface area contributed by atoms with E-state index in [4.69, 9.17) is 0 Å². The van der Waals surface area contributed by atoms with E-state index in [-0.39, 0.29) is 35.2 Å². The van der Waals surface area contributed by atoms with Gasteiger partial charge in [-0.2, -0.15) is 0 Å². The Kier molecular flexibility index (Phi) is 4.96. The molecule has 0 saturated heterocycles. The fraction of sp³-hybridized carbons (Fsp3) is 0. The first-order valence-corrected chi connectivity index (χ1v) is 4.48. The summed E-state index contributed by atoms with van der Waals surface area (Å²) < 4.78 is 56.5. The summed E-state index contributed by atoms with van der Waals surface area (Å²) >= 11 is 0. The molecule has 1 rings (SSSR count). The fourth-order valence-corrected chi connectivity index (χ4v) is 1.12. The van der Waals surface area contributed by atoms with Crippen LogP contribution in [0.3, 0.4) is 0 Å². The summed E-state index contributed by atoms with van der Waals surface area (Å²) in [6.45, 7) is 0. The molecule has 8 heteroatoms. The van der Waals surface area contributed by atoms with Gasteiger partial charge in [0.05, 0.1) is 5.69 Å². The molecule has 0 bridgehead atoms. The number of rotatable bonds is 2. The van der Waals surface area contributed by atoms with Crippen LogP contribution in [0.25, 0.3) is 0 Å². The average Bonchev–Trinajstić information content (AvgIpc) is 1.94. The Labute approximate surface area is 101 Å². The predicted molar refractivity (Wildman–Crippen MR) is 39.7 cm³/mol. The van der Waals surface area contributed by atoms with Gasteiger partial charge >= 0.3 is 29.6 Å². The minimum absolute atomic E-state index is 0. The van der Waals surface area contributed by atoms with Gasteiger partial charge in [-0.1, -0.05) is 0 Å². The molecule has 0 spiro atoms. The summed E-state index contributed by atoms with van der Waals surface area (Å²) in [6, 6.07) is 2.22. The zero-order chi connectivity index (χ0) is 10.1. The number of hydrogen-bond acceptors (Lipinski definition) is 3. The summed E-state index contributed by atoms with van der Waals surface area (Å²) in [5, 5.41) is 0. The Morgan fingerprint density at radius 1 is 1.21 bits per heavy atom. The molecule has 0 aliphatic heterocycles. The van der Waals surface area contributed by atoms with E-state index in [0.717, 1.165) is 6.07 Å². The maximum atomic E-state index is 12.4. The van der Waals surface area contributed by atoms with E-state index < -0.39 is 21.9 Å². The Bertz CT molecular complexity index is 423. The van der Waals surface area contributed by atoms with Crippen LogP contribution >= 0.6 is 0 Å². The minimum Gasteiger partial charge on any atom is -0.731 e. The second-order valence-corrected chi connectivity index (χ2v) is 3.30. The standard InChI is InChI=1S/C6H5F2NO3S.Na/c7-5-2-1-4(3-6(5)8)9-13(10,11)12;/h1-3,9H,(H,10,11,12);/q;+1/p-1. The molecular formula is C6H4F2NNaO3S. The van der Waals surface area contributed by atoms with E-state index in [9.17, 15) is 21.8 Å². The molecule has 1 aromatic carbocycles. The molecule has 0 amide bonds. The van der Waals surface area contributed by atoms with Crippen molar-refractivity contribution < 1.29 is 51.3 Å². The number of halogens is 2. The predicted octanol–water partition coefficient (Wildman–Crippen LogP) is -2.16. The van der Waals surface area contributed by atoms with Crippen LogP contribution in [0.15, 0.2) is 18.2 Å². The van der Waals surface area contributed by atoms with Crippen molar-refractivity contribution in [3.8, 4) is 0 Å². The van der Waals surface area contributed by atoms with Crippen molar-refractivity contribution in [2.45, 2.75) is 0 Å². The average molecular weight is 231 g/mol. The quantitative estimate of drug-likeness (QED) is 0.465. The number of nitrogens with one attached hydrogen (secondary N) is 1. The van der Waals surface area contributed by atoms with Gasteiger partial charge in [-0.25, -0.2) is 17.2 Å². The summed E-state index contributed by atoms with van der Waals surface area (Å²) in [4.78, 5) is 0. The van der Waals surface area contributed by atoms with Crippen LogP contribution in [-0.4, -0.2) is 13.0 Å². The third-order valence-corrected chi connectivity index (χ3v) is 1.65. The third kappa shape index (κ3) is 4.34. The molecule has 1 N–H and O–H groups in total. The van der Waals surface area contributed by atoms with Gasteiger partial charge in [0.2, 0.25) is 0 Å². The third-order valence-electron chi connectivity index (χ3n) is 1.16. The molecule has 14 heavy (non-hydrogen) atoms. The van der Waals surface area contributed by atoms with Crippen molar-refractivity contribution in [2.75, 3.05) is 4.72 Å². The van der Waals surface area contributed by atoms with E-state index in [0.29, 0.717) is 12.1 Å². The number of anilines is 1. The van der Waals surface area contributed by atoms with Gasteiger partial charge in [0.15, 0.2) is 21.9 Å². The Balaban J connectivity index is 0.00000169. The van der Waals surface area contributed by atoms with Crippen molar-refractivity contribution in [2.24, 2.45) is 0 Å². The van der Waals surface area contributed by atoms with Crippen LogP contribution in [0, 0.1) is 11.6 Å². The van der Waals surface area contributed by atoms with E-state index in [1.807, 2.05) is 0 Å². The van der Waals surface area contributed by atoms with E-state index in [1.54, 1.807) is 0 Å².